The van der Waals surface area contributed by atoms with Crippen LogP contribution in [0.15, 0.2) is 47.6 Å². The third kappa shape index (κ3) is 4.48. The van der Waals surface area contributed by atoms with Crippen LogP contribution in [0.4, 0.5) is 24.5 Å². The van der Waals surface area contributed by atoms with Crippen molar-refractivity contribution in [1.29, 1.82) is 0 Å². The maximum absolute atomic E-state index is 12.8. The van der Waals surface area contributed by atoms with Crippen LogP contribution in [-0.4, -0.2) is 54.9 Å². The number of alkyl halides is 3. The number of halogens is 3. The first kappa shape index (κ1) is 21.0. The van der Waals surface area contributed by atoms with Crippen LogP contribution in [0.25, 0.3) is 0 Å². The van der Waals surface area contributed by atoms with E-state index in [0.717, 1.165) is 17.7 Å². The van der Waals surface area contributed by atoms with Crippen molar-refractivity contribution in [3.63, 3.8) is 0 Å². The summed E-state index contributed by atoms with van der Waals surface area (Å²) in [5.41, 5.74) is -5.03. The van der Waals surface area contributed by atoms with Crippen molar-refractivity contribution < 1.29 is 26.5 Å². The molecule has 2 heterocycles. The third-order valence-electron chi connectivity index (χ3n) is 4.63. The molecule has 29 heavy (non-hydrogen) atoms. The molecule has 3 rings (SSSR count). The molecule has 1 aliphatic rings. The number of hydrogen-bond donors (Lipinski definition) is 0. The Morgan fingerprint density at radius 2 is 1.69 bits per heavy atom. The molecule has 0 aliphatic carbocycles. The minimum Gasteiger partial charge on any atom is -0.363 e. The monoisotopic (exact) mass is 430 g/mol. The van der Waals surface area contributed by atoms with Crippen molar-refractivity contribution in [2.45, 2.75) is 16.9 Å². The largest absolute Gasteiger partial charge is 0.501 e. The second-order valence-corrected chi connectivity index (χ2v) is 8.42. The van der Waals surface area contributed by atoms with Gasteiger partial charge in [0.15, 0.2) is 0 Å². The summed E-state index contributed by atoms with van der Waals surface area (Å²) in [6, 6.07) is 6.07. The minimum atomic E-state index is -5.66. The Balaban J connectivity index is 1.78. The van der Waals surface area contributed by atoms with Crippen LogP contribution < -0.4 is 4.90 Å². The van der Waals surface area contributed by atoms with Crippen LogP contribution in [0.2, 0.25) is 0 Å². The number of piperazine rings is 1. The van der Waals surface area contributed by atoms with Gasteiger partial charge in [-0.15, -0.1) is 0 Å². The van der Waals surface area contributed by atoms with Gasteiger partial charge in [-0.1, -0.05) is 0 Å². The fourth-order valence-electron chi connectivity index (χ4n) is 3.11. The number of benzene rings is 1. The summed E-state index contributed by atoms with van der Waals surface area (Å²) in [5.74, 6) is 0. The maximum atomic E-state index is 12.8. The average molecular weight is 430 g/mol. The maximum Gasteiger partial charge on any atom is 0.501 e. The fourth-order valence-corrected chi connectivity index (χ4v) is 3.89. The Hall–Kier alpha value is -2.73. The van der Waals surface area contributed by atoms with Gasteiger partial charge in [0.25, 0.3) is 15.5 Å². The van der Waals surface area contributed by atoms with Crippen LogP contribution in [-0.2, 0) is 16.4 Å². The second kappa shape index (κ2) is 7.95. The molecular weight excluding hydrogens is 413 g/mol. The number of pyridine rings is 1. The molecule has 0 N–H and O–H groups in total. The van der Waals surface area contributed by atoms with Crippen molar-refractivity contribution in [2.75, 3.05) is 31.1 Å². The number of hydrogen-bond acceptors (Lipinski definition) is 7. The molecule has 0 amide bonds. The zero-order chi connectivity index (χ0) is 21.2. The second-order valence-electron chi connectivity index (χ2n) is 6.48. The molecule has 0 saturated carbocycles. The van der Waals surface area contributed by atoms with E-state index in [1.54, 1.807) is 17.3 Å². The zero-order valence-corrected chi connectivity index (χ0v) is 15.9. The van der Waals surface area contributed by atoms with Gasteiger partial charge in [-0.25, -0.2) is 8.42 Å². The summed E-state index contributed by atoms with van der Waals surface area (Å²) >= 11 is 0. The van der Waals surface area contributed by atoms with E-state index >= 15 is 0 Å². The summed E-state index contributed by atoms with van der Waals surface area (Å²) in [4.78, 5) is 17.1. The summed E-state index contributed by atoms with van der Waals surface area (Å²) < 4.78 is 61.4. The highest BCUT2D eigenvalue weighted by Crippen LogP contribution is 2.36. The van der Waals surface area contributed by atoms with Crippen molar-refractivity contribution in [3.05, 3.63) is 58.4 Å². The van der Waals surface area contributed by atoms with Crippen molar-refractivity contribution in [3.8, 4) is 0 Å². The molecule has 0 unspecified atom stereocenters. The quantitative estimate of drug-likeness (QED) is 0.531. The highest BCUT2D eigenvalue weighted by atomic mass is 32.2. The molecule has 1 fully saturated rings. The Labute approximate surface area is 164 Å². The first-order chi connectivity index (χ1) is 13.6. The number of rotatable bonds is 5. The topological polar surface area (TPSA) is 96.6 Å². The molecule has 0 spiro atoms. The molecule has 12 heteroatoms. The minimum absolute atomic E-state index is 0.0969. The van der Waals surface area contributed by atoms with E-state index in [-0.39, 0.29) is 5.69 Å². The molecule has 0 atom stereocenters. The van der Waals surface area contributed by atoms with E-state index in [4.69, 9.17) is 0 Å². The molecular formula is C17H17F3N4O4S. The summed E-state index contributed by atoms with van der Waals surface area (Å²) in [6.07, 6.45) is 3.37. The van der Waals surface area contributed by atoms with Gasteiger partial charge in [-0.2, -0.15) is 13.2 Å². The lowest BCUT2D eigenvalue weighted by molar-refractivity contribution is -0.384. The highest BCUT2D eigenvalue weighted by molar-refractivity contribution is 7.92. The Bertz CT molecular complexity index is 991. The van der Waals surface area contributed by atoms with Crippen LogP contribution in [0.1, 0.15) is 5.56 Å². The first-order valence-corrected chi connectivity index (χ1v) is 10.0. The van der Waals surface area contributed by atoms with Crippen molar-refractivity contribution in [1.82, 2.24) is 9.88 Å². The molecule has 1 aliphatic heterocycles. The molecule has 1 saturated heterocycles. The van der Waals surface area contributed by atoms with Crippen LogP contribution in [0.3, 0.4) is 0 Å². The van der Waals surface area contributed by atoms with Gasteiger partial charge in [0.1, 0.15) is 5.69 Å². The Morgan fingerprint density at radius 1 is 1.07 bits per heavy atom. The average Bonchev–Trinajstić information content (AvgIpc) is 2.68. The number of sulfone groups is 1. The van der Waals surface area contributed by atoms with Crippen molar-refractivity contribution in [2.24, 2.45) is 0 Å². The highest BCUT2D eigenvalue weighted by Gasteiger charge is 2.47. The normalized spacial score (nSPS) is 16.0. The predicted octanol–water partition coefficient (Wildman–Crippen LogP) is 2.61. The van der Waals surface area contributed by atoms with E-state index in [0.29, 0.717) is 38.8 Å². The van der Waals surface area contributed by atoms with E-state index < -0.39 is 30.9 Å². The van der Waals surface area contributed by atoms with E-state index in [2.05, 4.69) is 9.88 Å². The number of aromatic nitrogens is 1. The number of nitro benzene ring substituents is 1. The van der Waals surface area contributed by atoms with Gasteiger partial charge >= 0.3 is 5.51 Å². The molecule has 1 aromatic carbocycles. The lowest BCUT2D eigenvalue weighted by Crippen LogP contribution is -2.46. The van der Waals surface area contributed by atoms with Gasteiger partial charge in [-0.05, 0) is 29.8 Å². The van der Waals surface area contributed by atoms with Gasteiger partial charge in [-0.3, -0.25) is 20.0 Å². The molecule has 2 aromatic rings. The molecule has 0 bridgehead atoms. The van der Waals surface area contributed by atoms with Gasteiger partial charge in [0, 0.05) is 51.2 Å². The molecule has 156 valence electrons. The van der Waals surface area contributed by atoms with Crippen LogP contribution in [0, 0.1) is 10.1 Å². The third-order valence-corrected chi connectivity index (χ3v) is 6.11. The van der Waals surface area contributed by atoms with Gasteiger partial charge in [0.05, 0.1) is 9.82 Å². The number of nitro groups is 1. The molecule has 0 radical (unpaired) electrons. The lowest BCUT2D eigenvalue weighted by Gasteiger charge is -2.35. The summed E-state index contributed by atoms with van der Waals surface area (Å²) in [6.45, 7) is 2.68. The molecule has 8 nitrogen and oxygen atoms in total. The summed E-state index contributed by atoms with van der Waals surface area (Å²) in [7, 11) is -5.66. The van der Waals surface area contributed by atoms with E-state index in [1.165, 1.54) is 0 Å². The van der Waals surface area contributed by atoms with Crippen LogP contribution in [0.5, 0.6) is 0 Å². The smallest absolute Gasteiger partial charge is 0.363 e. The fraction of sp³-hybridized carbons (Fsp3) is 0.353. The number of nitrogens with zero attached hydrogens (tertiary/aromatic N) is 4. The molecule has 1 aromatic heterocycles. The summed E-state index contributed by atoms with van der Waals surface area (Å²) in [5, 5.41) is 11.4. The number of anilines is 1. The lowest BCUT2D eigenvalue weighted by atomic mass is 10.2. The SMILES string of the molecule is O=[N+]([O-])c1cc(S(=O)(=O)C(F)(F)F)ccc1N1CCN(Cc2ccncc2)CC1. The van der Waals surface area contributed by atoms with Gasteiger partial charge < -0.3 is 4.90 Å². The zero-order valence-electron chi connectivity index (χ0n) is 15.0. The van der Waals surface area contributed by atoms with E-state index in [9.17, 15) is 31.7 Å². The standard InChI is InChI=1S/C17H17F3N4O4S/c18-17(19,20)29(27,28)14-1-2-15(16(11-14)24(25)26)23-9-7-22(8-10-23)12-13-3-5-21-6-4-13/h1-6,11H,7-10,12H2. The van der Waals surface area contributed by atoms with Crippen LogP contribution >= 0.6 is 0 Å². The first-order valence-electron chi connectivity index (χ1n) is 8.55. The van der Waals surface area contributed by atoms with E-state index in [1.807, 2.05) is 12.1 Å². The van der Waals surface area contributed by atoms with Crippen molar-refractivity contribution >= 4 is 21.2 Å². The Kier molecular flexibility index (Phi) is 5.75. The van der Waals surface area contributed by atoms with Gasteiger partial charge in [0.2, 0.25) is 0 Å². The predicted molar refractivity (Wildman–Crippen MR) is 98.1 cm³/mol. The Morgan fingerprint density at radius 3 is 2.24 bits per heavy atom.